The fraction of sp³-hybridized carbons (Fsp3) is 0.464. The molecule has 40 heavy (non-hydrogen) atoms. The second-order valence-corrected chi connectivity index (χ2v) is 14.2. The summed E-state index contributed by atoms with van der Waals surface area (Å²) in [6.45, 7) is 8.02. The van der Waals surface area contributed by atoms with Crippen LogP contribution in [0.4, 0.5) is 5.69 Å². The minimum atomic E-state index is -3.95. The van der Waals surface area contributed by atoms with Gasteiger partial charge < -0.3 is 26.2 Å². The molecule has 0 radical (unpaired) electrons. The van der Waals surface area contributed by atoms with E-state index in [0.717, 1.165) is 6.42 Å². The Morgan fingerprint density at radius 3 is 2.23 bits per heavy atom. The zero-order chi connectivity index (χ0) is 30.0. The molecule has 0 heterocycles. The number of ether oxygens (including phenoxy) is 1. The van der Waals surface area contributed by atoms with Crippen molar-refractivity contribution in [3.05, 3.63) is 53.6 Å². The molecule has 3 atom stereocenters. The van der Waals surface area contributed by atoms with Crippen molar-refractivity contribution in [3.63, 3.8) is 0 Å². The van der Waals surface area contributed by atoms with E-state index in [4.69, 9.17) is 10.5 Å². The van der Waals surface area contributed by atoms with Crippen molar-refractivity contribution < 1.29 is 27.9 Å². The summed E-state index contributed by atoms with van der Waals surface area (Å²) in [6, 6.07) is 9.64. The van der Waals surface area contributed by atoms with Crippen molar-refractivity contribution in [1.29, 1.82) is 0 Å². The third-order valence-corrected chi connectivity index (χ3v) is 8.82. The first-order valence-electron chi connectivity index (χ1n) is 13.1. The summed E-state index contributed by atoms with van der Waals surface area (Å²) in [5, 5.41) is 16.9. The number of aliphatic hydroxyl groups excluding tert-OH is 1. The highest BCUT2D eigenvalue weighted by Crippen LogP contribution is 2.23. The normalized spacial score (nSPS) is 13.6. The molecule has 0 fully saturated rings. The Bertz CT molecular complexity index is 1280. The number of nitrogens with one attached hydrogen (secondary N) is 2. The van der Waals surface area contributed by atoms with Gasteiger partial charge in [-0.25, -0.2) is 8.42 Å². The van der Waals surface area contributed by atoms with E-state index in [1.54, 1.807) is 12.1 Å². The van der Waals surface area contributed by atoms with Crippen LogP contribution in [0.1, 0.15) is 47.9 Å². The maximum absolute atomic E-state index is 13.5. The van der Waals surface area contributed by atoms with E-state index in [9.17, 15) is 23.1 Å². The molecule has 2 rings (SSSR count). The van der Waals surface area contributed by atoms with E-state index in [1.807, 2.05) is 27.4 Å². The summed E-state index contributed by atoms with van der Waals surface area (Å²) in [4.78, 5) is 25.8. The first-order valence-corrected chi connectivity index (χ1v) is 16.7. The van der Waals surface area contributed by atoms with Crippen LogP contribution in [0.15, 0.2) is 47.4 Å². The maximum Gasteiger partial charge on any atom is 0.251 e. The van der Waals surface area contributed by atoms with Gasteiger partial charge in [0.15, 0.2) is 0 Å². The van der Waals surface area contributed by atoms with Gasteiger partial charge in [0.05, 0.1) is 44.7 Å². The fourth-order valence-corrected chi connectivity index (χ4v) is 6.64. The zero-order valence-corrected chi connectivity index (χ0v) is 25.6. The van der Waals surface area contributed by atoms with E-state index in [0.29, 0.717) is 18.5 Å². The van der Waals surface area contributed by atoms with Gasteiger partial charge in [-0.2, -0.15) is 4.31 Å². The lowest BCUT2D eigenvalue weighted by molar-refractivity contribution is 0.0810. The van der Waals surface area contributed by atoms with Crippen LogP contribution in [0.3, 0.4) is 0 Å². The van der Waals surface area contributed by atoms with Crippen LogP contribution in [-0.4, -0.2) is 87.7 Å². The molecular weight excluding hydrogens is 551 g/mol. The van der Waals surface area contributed by atoms with Gasteiger partial charge in [-0.1, -0.05) is 20.8 Å². The number of anilines is 1. The monoisotopic (exact) mass is 593 g/mol. The van der Waals surface area contributed by atoms with Crippen molar-refractivity contribution in [1.82, 2.24) is 14.9 Å². The minimum Gasteiger partial charge on any atom is -0.497 e. The third kappa shape index (κ3) is 9.59. The molecule has 220 valence electrons. The second-order valence-electron chi connectivity index (χ2n) is 10.2. The number of carbonyl (C=O) groups excluding carboxylic acids is 2. The lowest BCUT2D eigenvalue weighted by atomic mass is 10.1. The van der Waals surface area contributed by atoms with Crippen LogP contribution in [-0.2, 0) is 10.0 Å². The molecule has 2 amide bonds. The van der Waals surface area contributed by atoms with Crippen molar-refractivity contribution in [2.75, 3.05) is 45.3 Å². The summed E-state index contributed by atoms with van der Waals surface area (Å²) >= 11 is 0. The number of nitrogens with zero attached hydrogens (tertiary/aromatic N) is 1. The number of hydrogen-bond donors (Lipinski definition) is 4. The van der Waals surface area contributed by atoms with Gasteiger partial charge in [0.2, 0.25) is 10.0 Å². The minimum absolute atomic E-state index is 0.0195. The largest absolute Gasteiger partial charge is 0.497 e. The molecule has 12 heteroatoms. The number of amides is 2. The predicted molar refractivity (Wildman–Crippen MR) is 162 cm³/mol. The molecular formula is C28H42N4O6PS+. The van der Waals surface area contributed by atoms with Crippen LogP contribution in [0.5, 0.6) is 5.75 Å². The van der Waals surface area contributed by atoms with Crippen molar-refractivity contribution >= 4 is 41.4 Å². The van der Waals surface area contributed by atoms with E-state index < -0.39 is 35.6 Å². The fourth-order valence-electron chi connectivity index (χ4n) is 4.02. The van der Waals surface area contributed by atoms with Crippen LogP contribution in [0.2, 0.25) is 0 Å². The van der Waals surface area contributed by atoms with Gasteiger partial charge in [-0.15, -0.1) is 0 Å². The number of sulfonamides is 1. The number of nitrogen functional groups attached to an aromatic ring is 1. The number of hydrogen-bond acceptors (Lipinski definition) is 7. The SMILES string of the molecule is C=[P+](C)CC(NC(=O)c1cc(N)cc(C(=O)NCCC)c1)C(O)CN(CC(C)C)S(=O)(=O)c1ccc(OC)cc1. The Morgan fingerprint density at radius 2 is 1.70 bits per heavy atom. The quantitative estimate of drug-likeness (QED) is 0.183. The molecule has 0 aliphatic carbocycles. The van der Waals surface area contributed by atoms with Gasteiger partial charge >= 0.3 is 0 Å². The van der Waals surface area contributed by atoms with Gasteiger partial charge in [0.1, 0.15) is 11.9 Å². The number of nitrogens with two attached hydrogens (primary N) is 1. The number of aliphatic hydroxyl groups is 1. The highest BCUT2D eigenvalue weighted by Gasteiger charge is 2.33. The molecule has 0 aliphatic heterocycles. The highest BCUT2D eigenvalue weighted by atomic mass is 32.2. The zero-order valence-electron chi connectivity index (χ0n) is 23.9. The van der Waals surface area contributed by atoms with E-state index in [-0.39, 0.29) is 46.6 Å². The van der Waals surface area contributed by atoms with Crippen LogP contribution in [0, 0.1) is 5.92 Å². The summed E-state index contributed by atoms with van der Waals surface area (Å²) in [7, 11) is -3.27. The van der Waals surface area contributed by atoms with Crippen LogP contribution < -0.4 is 21.1 Å². The van der Waals surface area contributed by atoms with Gasteiger partial charge in [-0.05, 0) is 54.8 Å². The lowest BCUT2D eigenvalue weighted by Gasteiger charge is -2.29. The summed E-state index contributed by atoms with van der Waals surface area (Å²) in [6.07, 6.45) is 3.93. The van der Waals surface area contributed by atoms with Crippen molar-refractivity contribution in [2.45, 2.75) is 44.2 Å². The molecule has 5 N–H and O–H groups in total. The molecule has 0 spiro atoms. The van der Waals surface area contributed by atoms with Gasteiger partial charge in [0.25, 0.3) is 11.8 Å². The number of rotatable bonds is 15. The van der Waals surface area contributed by atoms with E-state index >= 15 is 0 Å². The predicted octanol–water partition coefficient (Wildman–Crippen LogP) is 2.77. The van der Waals surface area contributed by atoms with Crippen LogP contribution >= 0.6 is 7.55 Å². The topological polar surface area (TPSA) is 151 Å². The van der Waals surface area contributed by atoms with Crippen LogP contribution in [0.25, 0.3) is 0 Å². The average molecular weight is 594 g/mol. The smallest absolute Gasteiger partial charge is 0.251 e. The number of carbonyl (C=O) groups is 2. The Morgan fingerprint density at radius 1 is 1.10 bits per heavy atom. The summed E-state index contributed by atoms with van der Waals surface area (Å²) in [5.41, 5.74) is 6.63. The van der Waals surface area contributed by atoms with Crippen molar-refractivity contribution in [2.24, 2.45) is 5.92 Å². The Labute approximate surface area is 238 Å². The Hall–Kier alpha value is -2.98. The molecule has 3 unspecified atom stereocenters. The maximum atomic E-state index is 13.5. The molecule has 0 saturated carbocycles. The number of methoxy groups -OCH3 is 1. The van der Waals surface area contributed by atoms with Gasteiger partial charge in [0, 0.05) is 36.4 Å². The molecule has 2 aromatic carbocycles. The number of benzene rings is 2. The molecule has 0 saturated heterocycles. The van der Waals surface area contributed by atoms with E-state index in [1.165, 1.54) is 41.7 Å². The first-order chi connectivity index (χ1) is 18.8. The first kappa shape index (κ1) is 33.2. The molecule has 2 aromatic rings. The highest BCUT2D eigenvalue weighted by molar-refractivity contribution is 7.89. The third-order valence-electron chi connectivity index (χ3n) is 5.96. The molecule has 0 aromatic heterocycles. The molecule has 0 bridgehead atoms. The van der Waals surface area contributed by atoms with Gasteiger partial charge in [-0.3, -0.25) is 9.59 Å². The second kappa shape index (κ2) is 15.1. The van der Waals surface area contributed by atoms with Crippen molar-refractivity contribution in [3.8, 4) is 5.75 Å². The Balaban J connectivity index is 2.32. The van der Waals surface area contributed by atoms with E-state index in [2.05, 4.69) is 16.9 Å². The standard InChI is InChI=1S/C28H41N4O6PS/c1-7-12-30-27(34)20-13-21(15-22(29)14-20)28(35)31-25(18-39(5)6)26(33)17-32(16-19(2)3)40(36,37)24-10-8-23(38-4)9-11-24/h8-11,13-15,19,25-26,33H,5,7,12,16-18,29H2,1-4,6H3,(H-,30,31,34,35)/p+1. The summed E-state index contributed by atoms with van der Waals surface area (Å²) < 4.78 is 33.4. The average Bonchev–Trinajstić information content (AvgIpc) is 2.89. The molecule has 0 aliphatic rings. The Kier molecular flexibility index (Phi) is 12.6. The lowest BCUT2D eigenvalue weighted by Crippen LogP contribution is -2.51. The molecule has 10 nitrogen and oxygen atoms in total. The summed E-state index contributed by atoms with van der Waals surface area (Å²) in [5.74, 6) is -0.376.